The maximum atomic E-state index is 14.7. The summed E-state index contributed by atoms with van der Waals surface area (Å²) in [5.41, 5.74) is 3.46. The minimum atomic E-state index is -4.31. The van der Waals surface area contributed by atoms with Crippen molar-refractivity contribution in [2.45, 2.75) is 194 Å². The average molecular weight is 1230 g/mol. The molecule has 0 spiro atoms. The first kappa shape index (κ1) is 71.8. The fourth-order valence-corrected chi connectivity index (χ4v) is 11.4. The summed E-state index contributed by atoms with van der Waals surface area (Å²) in [6, 6.07) is 9.84. The van der Waals surface area contributed by atoms with Gasteiger partial charge in [0.15, 0.2) is 0 Å². The Morgan fingerprint density at radius 3 is 1.87 bits per heavy atom. The SMILES string of the molecule is C/C(=C\C(C(C)C)N(C)C(=O)C(NC(=O)C(N(C)C(=O)OC(C)(C)C)C(C)(C)c1ccccc1)C(C)(C)C)C(=O)NS(=O)(=O)Cc1ccc(C2(NC(=O)C(CCCNC(N)=O)NC(=O)C(NC(=O)CCCCCN3C(=O)C=CC3=O)C(C)C)CC2)cc1. The standard InChI is InChI=1S/C63H94N10O13S/c1-39(2)46(71(14)57(81)51(60(6,7)8)68-56(80)52(72(15)59(83)86-61(9,10)11)62(12,13)43-23-18-16-19-24-43)37-41(5)53(77)70-87(84,85)38-42-27-29-44(30-28-42)63(33-34-63)69-54(78)45(25-22-35-65-58(64)82)66-55(79)50(40(3)4)67-47(74)26-20-17-21-36-73-48(75)31-32-49(73)76/h16,18-19,23-24,27-32,37,39-40,45-46,50-52H,17,20-22,25-26,33-36,38H2,1-15H3,(H,66,79)(H,67,74)(H,68,80)(H,69,78)(H,70,77)(H3,64,65,82)/b41-37+. The van der Waals surface area contributed by atoms with Crippen LogP contribution in [0.2, 0.25) is 0 Å². The van der Waals surface area contributed by atoms with Gasteiger partial charge in [-0.3, -0.25) is 48.2 Å². The molecule has 1 saturated carbocycles. The van der Waals surface area contributed by atoms with E-state index >= 15 is 0 Å². The number of imide groups is 1. The molecule has 1 aliphatic heterocycles. The summed E-state index contributed by atoms with van der Waals surface area (Å²) in [7, 11) is -1.28. The molecular weight excluding hydrogens is 1140 g/mol. The third kappa shape index (κ3) is 21.0. The van der Waals surface area contributed by atoms with Gasteiger partial charge in [0.2, 0.25) is 39.6 Å². The highest BCUT2D eigenvalue weighted by Gasteiger charge is 2.48. The Morgan fingerprint density at radius 2 is 1.34 bits per heavy atom. The molecule has 0 bridgehead atoms. The zero-order valence-corrected chi connectivity index (χ0v) is 54.2. The topological polar surface area (TPSA) is 322 Å². The van der Waals surface area contributed by atoms with Gasteiger partial charge in [0, 0.05) is 56.7 Å². The van der Waals surface area contributed by atoms with Crippen LogP contribution in [0.4, 0.5) is 9.59 Å². The van der Waals surface area contributed by atoms with E-state index in [-0.39, 0.29) is 67.5 Å². The third-order valence-electron chi connectivity index (χ3n) is 15.5. The molecule has 1 aliphatic carbocycles. The lowest BCUT2D eigenvalue weighted by Crippen LogP contribution is -2.63. The number of carbonyl (C=O) groups excluding carboxylic acids is 10. The average Bonchev–Trinajstić information content (AvgIpc) is 1.79. The largest absolute Gasteiger partial charge is 0.444 e. The van der Waals surface area contributed by atoms with Crippen molar-refractivity contribution >= 4 is 69.4 Å². The lowest BCUT2D eigenvalue weighted by Gasteiger charge is -2.42. The van der Waals surface area contributed by atoms with E-state index in [4.69, 9.17) is 10.5 Å². The molecule has 0 saturated heterocycles. The van der Waals surface area contributed by atoms with E-state index in [1.54, 1.807) is 86.7 Å². The van der Waals surface area contributed by atoms with E-state index in [1.165, 1.54) is 42.0 Å². The lowest BCUT2D eigenvalue weighted by molar-refractivity contribution is -0.142. The number of urea groups is 1. The number of benzene rings is 2. The summed E-state index contributed by atoms with van der Waals surface area (Å²) in [5.74, 6) is -5.53. The van der Waals surface area contributed by atoms with Gasteiger partial charge in [-0.15, -0.1) is 0 Å². The first-order valence-corrected chi connectivity index (χ1v) is 31.4. The van der Waals surface area contributed by atoms with Crippen molar-refractivity contribution in [3.8, 4) is 0 Å². The second kappa shape index (κ2) is 30.3. The van der Waals surface area contributed by atoms with E-state index in [1.807, 2.05) is 58.0 Å². The van der Waals surface area contributed by atoms with Gasteiger partial charge in [0.1, 0.15) is 29.8 Å². The van der Waals surface area contributed by atoms with Crippen LogP contribution in [0.5, 0.6) is 0 Å². The van der Waals surface area contributed by atoms with Gasteiger partial charge in [-0.2, -0.15) is 0 Å². The molecule has 8 N–H and O–H groups in total. The molecule has 1 heterocycles. The van der Waals surface area contributed by atoms with E-state index in [0.717, 1.165) is 10.5 Å². The number of nitrogens with zero attached hydrogens (tertiary/aromatic N) is 3. The molecule has 2 aromatic carbocycles. The number of ether oxygens (including phenoxy) is 1. The number of nitrogens with two attached hydrogens (primary N) is 1. The molecule has 24 heteroatoms. The van der Waals surface area contributed by atoms with Crippen molar-refractivity contribution in [2.24, 2.45) is 23.0 Å². The van der Waals surface area contributed by atoms with Crippen LogP contribution in [0.15, 0.2) is 78.4 Å². The molecule has 87 heavy (non-hydrogen) atoms. The number of hydrogen-bond acceptors (Lipinski definition) is 13. The molecular formula is C63H94N10O13S. The second-order valence-electron chi connectivity index (χ2n) is 26.1. The zero-order valence-electron chi connectivity index (χ0n) is 53.4. The first-order valence-electron chi connectivity index (χ1n) is 29.7. The second-order valence-corrected chi connectivity index (χ2v) is 27.9. The van der Waals surface area contributed by atoms with Gasteiger partial charge in [0.05, 0.1) is 17.3 Å². The summed E-state index contributed by atoms with van der Waals surface area (Å²) in [6.07, 6.45) is 6.20. The molecule has 4 rings (SSSR count). The summed E-state index contributed by atoms with van der Waals surface area (Å²) < 4.78 is 35.1. The van der Waals surface area contributed by atoms with Crippen LogP contribution in [-0.4, -0.2) is 145 Å². The van der Waals surface area contributed by atoms with Crippen LogP contribution in [0.3, 0.4) is 0 Å². The first-order chi connectivity index (χ1) is 40.3. The van der Waals surface area contributed by atoms with E-state index in [9.17, 15) is 56.4 Å². The highest BCUT2D eigenvalue weighted by molar-refractivity contribution is 7.89. The van der Waals surface area contributed by atoms with Crippen molar-refractivity contribution in [1.29, 1.82) is 0 Å². The van der Waals surface area contributed by atoms with Crippen molar-refractivity contribution in [3.05, 3.63) is 95.1 Å². The van der Waals surface area contributed by atoms with Crippen molar-refractivity contribution < 1.29 is 61.1 Å². The van der Waals surface area contributed by atoms with Crippen molar-refractivity contribution in [1.82, 2.24) is 46.0 Å². The molecule has 2 aliphatic rings. The normalized spacial score (nSPS) is 16.0. The van der Waals surface area contributed by atoms with Crippen LogP contribution >= 0.6 is 0 Å². The Labute approximate surface area is 513 Å². The molecule has 2 aromatic rings. The number of carbonyl (C=O) groups is 10. The number of nitrogens with one attached hydrogen (secondary N) is 6. The highest BCUT2D eigenvalue weighted by Crippen LogP contribution is 2.46. The summed E-state index contributed by atoms with van der Waals surface area (Å²) in [6.45, 7) is 23.2. The quantitative estimate of drug-likeness (QED) is 0.0290. The fourth-order valence-electron chi connectivity index (χ4n) is 10.3. The van der Waals surface area contributed by atoms with Crippen LogP contribution in [0.1, 0.15) is 158 Å². The molecule has 5 atom stereocenters. The minimum absolute atomic E-state index is 0.0106. The van der Waals surface area contributed by atoms with Crippen molar-refractivity contribution in [3.63, 3.8) is 0 Å². The Balaban J connectivity index is 1.44. The maximum Gasteiger partial charge on any atom is 0.410 e. The predicted octanol–water partition coefficient (Wildman–Crippen LogP) is 5.47. The number of sulfonamides is 1. The van der Waals surface area contributed by atoms with Gasteiger partial charge >= 0.3 is 12.1 Å². The Bertz CT molecular complexity index is 2980. The van der Waals surface area contributed by atoms with Crippen molar-refractivity contribution in [2.75, 3.05) is 27.2 Å². The molecule has 0 radical (unpaired) electrons. The third-order valence-corrected chi connectivity index (χ3v) is 16.7. The summed E-state index contributed by atoms with van der Waals surface area (Å²) >= 11 is 0. The van der Waals surface area contributed by atoms with Gasteiger partial charge < -0.3 is 42.0 Å². The van der Waals surface area contributed by atoms with Crippen LogP contribution in [0, 0.1) is 17.3 Å². The van der Waals surface area contributed by atoms with E-state index in [2.05, 4.69) is 31.3 Å². The van der Waals surface area contributed by atoms with Gasteiger partial charge in [-0.05, 0) is 100 Å². The highest BCUT2D eigenvalue weighted by atomic mass is 32.2. The number of amides is 11. The summed E-state index contributed by atoms with van der Waals surface area (Å²) in [4.78, 5) is 137. The van der Waals surface area contributed by atoms with Crippen LogP contribution < -0.4 is 37.0 Å². The Kier molecular flexibility index (Phi) is 25.0. The number of hydrogen-bond donors (Lipinski definition) is 7. The van der Waals surface area contributed by atoms with E-state index in [0.29, 0.717) is 43.2 Å². The van der Waals surface area contributed by atoms with Crippen LogP contribution in [-0.2, 0) is 69.8 Å². The minimum Gasteiger partial charge on any atom is -0.444 e. The predicted molar refractivity (Wildman–Crippen MR) is 330 cm³/mol. The number of unbranched alkanes of at least 4 members (excludes halogenated alkanes) is 2. The van der Waals surface area contributed by atoms with Crippen LogP contribution in [0.25, 0.3) is 0 Å². The Hall–Kier alpha value is -7.63. The molecule has 5 unspecified atom stereocenters. The number of likely N-dealkylation sites (N-methyl/N-ethyl adjacent to an activating group) is 2. The molecule has 0 aromatic heterocycles. The fraction of sp³-hybridized carbons (Fsp3) is 0.587. The zero-order chi connectivity index (χ0) is 65.6. The van der Waals surface area contributed by atoms with Gasteiger partial charge in [-0.25, -0.2) is 22.7 Å². The summed E-state index contributed by atoms with van der Waals surface area (Å²) in [5, 5.41) is 14.1. The Morgan fingerprint density at radius 1 is 0.747 bits per heavy atom. The lowest BCUT2D eigenvalue weighted by atomic mass is 9.76. The molecule has 23 nitrogen and oxygen atoms in total. The smallest absolute Gasteiger partial charge is 0.410 e. The maximum absolute atomic E-state index is 14.7. The number of rotatable bonds is 30. The van der Waals surface area contributed by atoms with Gasteiger partial charge in [-0.1, -0.05) is 129 Å². The molecule has 480 valence electrons. The molecule has 1 fully saturated rings. The van der Waals surface area contributed by atoms with E-state index < -0.39 is 110 Å². The number of primary amides is 1. The molecule has 11 amide bonds. The monoisotopic (exact) mass is 1230 g/mol. The van der Waals surface area contributed by atoms with Gasteiger partial charge in [0.25, 0.3) is 17.7 Å².